The Morgan fingerprint density at radius 1 is 0.500 bits per heavy atom. The summed E-state index contributed by atoms with van der Waals surface area (Å²) in [5.74, 6) is 0. The number of hydrogen-bond donors (Lipinski definition) is 0. The highest BCUT2D eigenvalue weighted by atomic mass is 31.2. The molecule has 0 aliphatic carbocycles. The van der Waals surface area contributed by atoms with E-state index in [2.05, 4.69) is 126 Å². The monoisotopic (exact) mass is 507 g/mol. The van der Waals surface area contributed by atoms with E-state index in [1.807, 2.05) is 41.5 Å². The third-order valence-electron chi connectivity index (χ3n) is 6.14. The predicted octanol–water partition coefficient (Wildman–Crippen LogP) is 10.3. The van der Waals surface area contributed by atoms with E-state index in [0.717, 1.165) is 0 Å². The Balaban J connectivity index is 0.00000190. The van der Waals surface area contributed by atoms with E-state index in [1.54, 1.807) is 0 Å². The maximum absolute atomic E-state index is 2.49. The predicted molar refractivity (Wildman–Crippen MR) is 171 cm³/mol. The zero-order chi connectivity index (χ0) is 27.7. The minimum absolute atomic E-state index is 0.230. The first-order valence-corrected chi connectivity index (χ1v) is 16.3. The van der Waals surface area contributed by atoms with Gasteiger partial charge >= 0.3 is 0 Å². The van der Waals surface area contributed by atoms with E-state index in [-0.39, 0.29) is 5.41 Å². The van der Waals surface area contributed by atoms with E-state index >= 15 is 0 Å². The highest BCUT2D eigenvalue weighted by Crippen LogP contribution is 2.60. The van der Waals surface area contributed by atoms with Crippen LogP contribution in [0.2, 0.25) is 0 Å². The fourth-order valence-electron chi connectivity index (χ4n) is 5.53. The molecule has 0 unspecified atom stereocenters. The lowest BCUT2D eigenvalue weighted by molar-refractivity contribution is 0.200. The van der Waals surface area contributed by atoms with Gasteiger partial charge in [0.15, 0.2) is 0 Å². The molecule has 0 N–H and O–H groups in total. The summed E-state index contributed by atoms with van der Waals surface area (Å²) < 4.78 is 0. The Morgan fingerprint density at radius 3 is 1.08 bits per heavy atom. The summed E-state index contributed by atoms with van der Waals surface area (Å²) >= 11 is 0. The fraction of sp³-hybridized carbons (Fsp3) is 0.486. The Hall–Kier alpha value is -1.91. The lowest BCUT2D eigenvalue weighted by Gasteiger charge is -2.39. The highest BCUT2D eigenvalue weighted by molar-refractivity contribution is 7.95. The lowest BCUT2D eigenvalue weighted by Crippen LogP contribution is -2.39. The molecule has 0 nitrogen and oxygen atoms in total. The molecule has 36 heavy (non-hydrogen) atoms. The molecule has 0 saturated heterocycles. The summed E-state index contributed by atoms with van der Waals surface area (Å²) in [6.07, 6.45) is 4.95. The van der Waals surface area contributed by atoms with Crippen LogP contribution in [0.25, 0.3) is 0 Å². The molecular formula is C35H56P+. The number of rotatable bonds is 9. The van der Waals surface area contributed by atoms with Crippen molar-refractivity contribution in [2.24, 2.45) is 10.8 Å². The van der Waals surface area contributed by atoms with Gasteiger partial charge in [-0.15, -0.1) is 0 Å². The van der Waals surface area contributed by atoms with E-state index in [9.17, 15) is 0 Å². The van der Waals surface area contributed by atoms with Crippen molar-refractivity contribution in [3.05, 3.63) is 91.0 Å². The quantitative estimate of drug-likeness (QED) is 0.253. The molecule has 0 amide bonds. The van der Waals surface area contributed by atoms with E-state index in [1.165, 1.54) is 41.3 Å². The maximum atomic E-state index is 2.49. The summed E-state index contributed by atoms with van der Waals surface area (Å²) in [7, 11) is -1.78. The standard InChI is InChI=1S/C29H38P.3C2H6/c1-6-22-28(2,3)23-29(4,5)24-30(25-16-10-7-11-17-25,26-18-12-8-13-19-26)27-20-14-9-15-21-27;3*1-2/h7-21H,6,22-24H2,1-5H3;3*1-2H3/q+1;;;. The summed E-state index contributed by atoms with van der Waals surface area (Å²) in [6, 6.07) is 33.9. The molecule has 0 atom stereocenters. The van der Waals surface area contributed by atoms with Crippen molar-refractivity contribution in [1.82, 2.24) is 0 Å². The number of hydrogen-bond acceptors (Lipinski definition) is 0. The van der Waals surface area contributed by atoms with Crippen LogP contribution in [-0.2, 0) is 0 Å². The number of benzene rings is 3. The van der Waals surface area contributed by atoms with Crippen molar-refractivity contribution in [3.8, 4) is 0 Å². The molecule has 3 aromatic rings. The van der Waals surface area contributed by atoms with E-state index < -0.39 is 7.26 Å². The minimum Gasteiger partial charge on any atom is -0.0683 e. The van der Waals surface area contributed by atoms with Crippen LogP contribution >= 0.6 is 7.26 Å². The Bertz CT molecular complexity index is 798. The highest BCUT2D eigenvalue weighted by Gasteiger charge is 2.49. The summed E-state index contributed by atoms with van der Waals surface area (Å²) in [4.78, 5) is 0. The van der Waals surface area contributed by atoms with Crippen molar-refractivity contribution in [1.29, 1.82) is 0 Å². The van der Waals surface area contributed by atoms with Crippen LogP contribution in [-0.4, -0.2) is 6.16 Å². The second-order valence-corrected chi connectivity index (χ2v) is 13.7. The fourth-order valence-corrected chi connectivity index (χ4v) is 10.4. The first-order chi connectivity index (χ1) is 17.3. The third kappa shape index (κ3) is 9.86. The normalized spacial score (nSPS) is 11.1. The molecule has 0 spiro atoms. The molecular weight excluding hydrogens is 451 g/mol. The van der Waals surface area contributed by atoms with Gasteiger partial charge in [-0.3, -0.25) is 0 Å². The van der Waals surface area contributed by atoms with Crippen molar-refractivity contribution in [3.63, 3.8) is 0 Å². The van der Waals surface area contributed by atoms with Crippen LogP contribution in [0.15, 0.2) is 91.0 Å². The second kappa shape index (κ2) is 17.5. The topological polar surface area (TPSA) is 0 Å². The first kappa shape index (κ1) is 34.1. The SMILES string of the molecule is CC.CC.CC.CCCC(C)(C)CC(C)(C)C[P+](c1ccccc1)(c1ccccc1)c1ccccc1. The lowest BCUT2D eigenvalue weighted by atomic mass is 9.74. The van der Waals surface area contributed by atoms with Crippen LogP contribution in [0.5, 0.6) is 0 Å². The zero-order valence-electron chi connectivity index (χ0n) is 25.4. The molecule has 3 rings (SSSR count). The van der Waals surface area contributed by atoms with Gasteiger partial charge in [0, 0.05) is 5.41 Å². The second-order valence-electron chi connectivity index (χ2n) is 10.2. The minimum atomic E-state index is -1.78. The van der Waals surface area contributed by atoms with Crippen molar-refractivity contribution >= 4 is 23.2 Å². The molecule has 3 aromatic carbocycles. The molecule has 0 aliphatic rings. The molecule has 0 heterocycles. The first-order valence-electron chi connectivity index (χ1n) is 14.3. The largest absolute Gasteiger partial charge is 0.112 e. The van der Waals surface area contributed by atoms with Gasteiger partial charge < -0.3 is 0 Å². The smallest absolute Gasteiger partial charge is 0.0683 e. The van der Waals surface area contributed by atoms with E-state index in [0.29, 0.717) is 5.41 Å². The van der Waals surface area contributed by atoms with Gasteiger partial charge in [-0.05, 0) is 54.7 Å². The molecule has 0 aliphatic heterocycles. The van der Waals surface area contributed by atoms with Crippen molar-refractivity contribution in [2.75, 3.05) is 6.16 Å². The Labute approximate surface area is 226 Å². The molecule has 0 radical (unpaired) electrons. The summed E-state index contributed by atoms with van der Waals surface area (Å²) in [5, 5.41) is 4.47. The molecule has 0 saturated carbocycles. The summed E-state index contributed by atoms with van der Waals surface area (Å²) in [6.45, 7) is 24.2. The Morgan fingerprint density at radius 2 is 0.806 bits per heavy atom. The van der Waals surface area contributed by atoms with Crippen LogP contribution in [0.1, 0.15) is 95.4 Å². The van der Waals surface area contributed by atoms with Crippen LogP contribution in [0.4, 0.5) is 0 Å². The molecule has 0 fully saturated rings. The average Bonchev–Trinajstić information content (AvgIpc) is 2.91. The molecule has 200 valence electrons. The maximum Gasteiger partial charge on any atom is 0.112 e. The van der Waals surface area contributed by atoms with Crippen LogP contribution in [0.3, 0.4) is 0 Å². The van der Waals surface area contributed by atoms with Gasteiger partial charge in [-0.25, -0.2) is 0 Å². The zero-order valence-corrected chi connectivity index (χ0v) is 26.3. The van der Waals surface area contributed by atoms with Gasteiger partial charge in [0.25, 0.3) is 0 Å². The average molecular weight is 508 g/mol. The van der Waals surface area contributed by atoms with Crippen molar-refractivity contribution in [2.45, 2.75) is 95.4 Å². The Kier molecular flexibility index (Phi) is 16.6. The molecule has 0 aromatic heterocycles. The van der Waals surface area contributed by atoms with Crippen LogP contribution in [0, 0.1) is 10.8 Å². The van der Waals surface area contributed by atoms with Gasteiger partial charge in [-0.1, -0.05) is 137 Å². The van der Waals surface area contributed by atoms with Gasteiger partial charge in [0.05, 0.1) is 6.16 Å². The van der Waals surface area contributed by atoms with Gasteiger partial charge in [0.2, 0.25) is 0 Å². The summed E-state index contributed by atoms with van der Waals surface area (Å²) in [5.41, 5.74) is 0.589. The van der Waals surface area contributed by atoms with Gasteiger partial charge in [-0.2, -0.15) is 0 Å². The third-order valence-corrected chi connectivity index (χ3v) is 11.0. The molecule has 0 bridgehead atoms. The van der Waals surface area contributed by atoms with Crippen LogP contribution < -0.4 is 15.9 Å². The molecule has 1 heteroatoms. The van der Waals surface area contributed by atoms with E-state index in [4.69, 9.17) is 0 Å². The van der Waals surface area contributed by atoms with Gasteiger partial charge in [0.1, 0.15) is 23.2 Å². The van der Waals surface area contributed by atoms with Crippen molar-refractivity contribution < 1.29 is 0 Å².